The number of phosphoric ester groups is 1. The summed E-state index contributed by atoms with van der Waals surface area (Å²) in [4.78, 5) is 55.1. The van der Waals surface area contributed by atoms with Gasteiger partial charge in [0.2, 0.25) is 0 Å². The third kappa shape index (κ3) is 9.43. The van der Waals surface area contributed by atoms with Crippen molar-refractivity contribution in [3.8, 4) is 0 Å². The van der Waals surface area contributed by atoms with E-state index in [0.717, 1.165) is 12.3 Å². The Kier molecular flexibility index (Phi) is 14.3. The molecule has 2 unspecified atom stereocenters. The number of aliphatic hydroxyl groups is 5. The molecule has 0 aromatic carbocycles. The summed E-state index contributed by atoms with van der Waals surface area (Å²) in [5.41, 5.74) is -1.92. The Labute approximate surface area is 251 Å². The molecule has 0 amide bonds. The number of carbonyl (C=O) groups is 1. The van der Waals surface area contributed by atoms with E-state index in [1.165, 1.54) is 0 Å². The zero-order valence-corrected chi connectivity index (χ0v) is 25.5. The molecule has 23 heteroatoms. The molecule has 1 aromatic rings. The van der Waals surface area contributed by atoms with Gasteiger partial charge in [-0.1, -0.05) is 0 Å². The SMILES string of the molecule is O=C[C@H](OP(=O)(O[C@H]1[C@@H](O)[C@H](n2ccc(=O)[nH]c2=O)O[C@@H]1[CH]([O-])[Na])OP(=O)(O)O)[C@@H](O)[C@@H](O)[C@H](O)CO.[Na+]. The topological polar surface area (TPSA) is 308 Å². The Morgan fingerprint density at radius 2 is 1.84 bits per heavy atom. The molecular formula is C15H22N2Na2O17P2. The molecular weight excluding hydrogens is 588 g/mol. The van der Waals surface area contributed by atoms with Crippen LogP contribution in [-0.2, 0) is 32.0 Å². The molecule has 10 atom stereocenters. The van der Waals surface area contributed by atoms with Crippen LogP contribution in [0.15, 0.2) is 21.9 Å². The van der Waals surface area contributed by atoms with Gasteiger partial charge < -0.3 is 0 Å². The van der Waals surface area contributed by atoms with E-state index < -0.39 is 85.8 Å². The zero-order chi connectivity index (χ0) is 28.3. The predicted octanol–water partition coefficient (Wildman–Crippen LogP) is -9.08. The van der Waals surface area contributed by atoms with Gasteiger partial charge in [-0.05, 0) is 0 Å². The molecule has 0 saturated carbocycles. The Balaban J connectivity index is 0.00000722. The Bertz CT molecular complexity index is 1140. The van der Waals surface area contributed by atoms with Crippen LogP contribution in [-0.4, -0.2) is 132 Å². The second-order valence-electron chi connectivity index (χ2n) is 7.73. The number of carbonyl (C=O) groups excluding carboxylic acids is 1. The van der Waals surface area contributed by atoms with Gasteiger partial charge in [-0.25, -0.2) is 0 Å². The first-order chi connectivity index (χ1) is 17.0. The maximum absolute atomic E-state index is 13.2. The fraction of sp³-hybridized carbons (Fsp3) is 0.667. The predicted molar refractivity (Wildman–Crippen MR) is 112 cm³/mol. The summed E-state index contributed by atoms with van der Waals surface area (Å²) in [6.45, 7) is -1.11. The summed E-state index contributed by atoms with van der Waals surface area (Å²) < 4.78 is 42.5. The number of nitrogens with one attached hydrogen (secondary N) is 1. The standard InChI is InChI=1S/C15H22N2O17P2.2Na/c18-3-6(21)10(23)11(24)7(4-19)32-36(30,34-35(27,28)29)33-13-8(5-20)31-14(12(13)25)17-2-1-9(22)16-15(17)26;;/h1-2,4-8,10-14,18,21,23-25H,3H2,(H,16,22,26)(H2,27,28,29);;/q-1;;+1/t6-,7+,8-,10+,11-,12-,13-,14-,36?;;/m1../s1. The Hall–Kier alpha value is 0.330. The van der Waals surface area contributed by atoms with E-state index in [1.807, 2.05) is 4.98 Å². The van der Waals surface area contributed by atoms with E-state index >= 15 is 0 Å². The van der Waals surface area contributed by atoms with Crippen LogP contribution in [0.5, 0.6) is 0 Å². The molecule has 1 saturated heterocycles. The summed E-state index contributed by atoms with van der Waals surface area (Å²) in [5.74, 6) is 0. The second kappa shape index (κ2) is 15.0. The van der Waals surface area contributed by atoms with Crippen LogP contribution in [0.3, 0.4) is 0 Å². The molecule has 206 valence electrons. The molecule has 19 nitrogen and oxygen atoms in total. The van der Waals surface area contributed by atoms with Gasteiger partial charge in [-0.2, -0.15) is 0 Å². The van der Waals surface area contributed by atoms with Crippen molar-refractivity contribution < 1.29 is 102 Å². The zero-order valence-electron chi connectivity index (χ0n) is 19.7. The molecule has 0 bridgehead atoms. The van der Waals surface area contributed by atoms with Gasteiger partial charge in [0.15, 0.2) is 0 Å². The maximum atomic E-state index is 13.2. The van der Waals surface area contributed by atoms with E-state index in [0.29, 0.717) is 4.57 Å². The minimum Gasteiger partial charge on any atom is 1.00 e. The third-order valence-corrected chi connectivity index (χ3v) is 8.26. The molecule has 0 radical (unpaired) electrons. The van der Waals surface area contributed by atoms with Crippen molar-refractivity contribution in [2.75, 3.05) is 6.61 Å². The molecule has 1 fully saturated rings. The van der Waals surface area contributed by atoms with E-state index in [9.17, 15) is 58.8 Å². The van der Waals surface area contributed by atoms with Crippen molar-refractivity contribution >= 4 is 49.9 Å². The normalized spacial score (nSPS) is 27.4. The van der Waals surface area contributed by atoms with Crippen LogP contribution < -0.4 is 45.9 Å². The van der Waals surface area contributed by atoms with Crippen molar-refractivity contribution in [2.45, 2.75) is 52.3 Å². The summed E-state index contributed by atoms with van der Waals surface area (Å²) in [6.07, 6.45) is -16.4. The first kappa shape index (κ1) is 36.4. The summed E-state index contributed by atoms with van der Waals surface area (Å²) in [5, 5.41) is 61.1. The first-order valence-corrected chi connectivity index (χ1v) is 14.3. The number of nitrogens with zero attached hydrogens (tertiary/aromatic N) is 1. The van der Waals surface area contributed by atoms with E-state index in [-0.39, 0.29) is 63.8 Å². The van der Waals surface area contributed by atoms with Gasteiger partial charge in [-0.15, -0.1) is 0 Å². The second-order valence-corrected chi connectivity index (χ2v) is 11.8. The number of H-pyrrole nitrogens is 1. The number of hydrogen-bond donors (Lipinski definition) is 8. The quantitative estimate of drug-likeness (QED) is 0.0584. The number of aromatic amines is 1. The van der Waals surface area contributed by atoms with Crippen LogP contribution in [0.4, 0.5) is 0 Å². The van der Waals surface area contributed by atoms with Gasteiger partial charge in [0.1, 0.15) is 0 Å². The number of aldehydes is 1. The molecule has 38 heavy (non-hydrogen) atoms. The number of ether oxygens (including phenoxy) is 1. The number of phosphoric acid groups is 2. The molecule has 0 spiro atoms. The number of aliphatic hydroxyl groups excluding tert-OH is 5. The van der Waals surface area contributed by atoms with Crippen molar-refractivity contribution in [3.05, 3.63) is 33.1 Å². The van der Waals surface area contributed by atoms with E-state index in [2.05, 4.69) is 8.83 Å². The summed E-state index contributed by atoms with van der Waals surface area (Å²) in [6, 6.07) is 0.864. The first-order valence-electron chi connectivity index (χ1n) is 10.2. The van der Waals surface area contributed by atoms with Gasteiger partial charge in [0.05, 0.1) is 0 Å². The van der Waals surface area contributed by atoms with Crippen LogP contribution in [0.2, 0.25) is 0 Å². The fourth-order valence-electron chi connectivity index (χ4n) is 3.22. The molecule has 1 aliphatic rings. The van der Waals surface area contributed by atoms with Crippen LogP contribution >= 0.6 is 15.6 Å². The molecule has 2 heterocycles. The van der Waals surface area contributed by atoms with Crippen molar-refractivity contribution in [1.29, 1.82) is 0 Å². The van der Waals surface area contributed by atoms with Crippen LogP contribution in [0.25, 0.3) is 0 Å². The number of rotatable bonds is 13. The minimum atomic E-state index is -5.79. The average molecular weight is 610 g/mol. The summed E-state index contributed by atoms with van der Waals surface area (Å²) >= 11 is -0.206. The smallest absolute Gasteiger partial charge is 1.00 e. The summed E-state index contributed by atoms with van der Waals surface area (Å²) in [7, 11) is -11.6. The average Bonchev–Trinajstić information content (AvgIpc) is 3.10. The van der Waals surface area contributed by atoms with E-state index in [1.54, 1.807) is 0 Å². The fourth-order valence-corrected chi connectivity index (χ4v) is 6.17. The van der Waals surface area contributed by atoms with Gasteiger partial charge in [0.25, 0.3) is 0 Å². The molecule has 2 rings (SSSR count). The Morgan fingerprint density at radius 3 is 2.32 bits per heavy atom. The third-order valence-electron chi connectivity index (χ3n) is 4.95. The van der Waals surface area contributed by atoms with Gasteiger partial charge in [-0.3, -0.25) is 0 Å². The molecule has 0 aliphatic carbocycles. The molecule has 1 aliphatic heterocycles. The van der Waals surface area contributed by atoms with Crippen LogP contribution in [0.1, 0.15) is 6.23 Å². The van der Waals surface area contributed by atoms with Crippen molar-refractivity contribution in [3.63, 3.8) is 0 Å². The van der Waals surface area contributed by atoms with Gasteiger partial charge in [0, 0.05) is 0 Å². The number of hydrogen-bond acceptors (Lipinski definition) is 15. The van der Waals surface area contributed by atoms with E-state index in [4.69, 9.17) is 14.4 Å². The monoisotopic (exact) mass is 610 g/mol. The molecule has 8 N–H and O–H groups in total. The Morgan fingerprint density at radius 1 is 1.24 bits per heavy atom. The molecule has 1 aromatic heterocycles. The number of aromatic nitrogens is 2. The van der Waals surface area contributed by atoms with Crippen molar-refractivity contribution in [2.24, 2.45) is 0 Å². The minimum absolute atomic E-state index is 0. The van der Waals surface area contributed by atoms with Crippen LogP contribution in [0, 0.1) is 0 Å². The van der Waals surface area contributed by atoms with Crippen molar-refractivity contribution in [1.82, 2.24) is 9.55 Å². The van der Waals surface area contributed by atoms with Gasteiger partial charge >= 0.3 is 253 Å².